The number of fused-ring (bicyclic) bond motifs is 2. The molecule has 1 spiro atoms. The summed E-state index contributed by atoms with van der Waals surface area (Å²) in [5.41, 5.74) is 2.15. The molecular formula is C20H24N4O3. The summed E-state index contributed by atoms with van der Waals surface area (Å²) in [5.74, 6) is 0.664. The van der Waals surface area contributed by atoms with Crippen LogP contribution in [0, 0.1) is 0 Å². The molecule has 0 bridgehead atoms. The van der Waals surface area contributed by atoms with Crippen molar-refractivity contribution in [1.29, 1.82) is 0 Å². The van der Waals surface area contributed by atoms with Crippen LogP contribution in [0.1, 0.15) is 36.9 Å². The van der Waals surface area contributed by atoms with Crippen molar-refractivity contribution in [3.8, 4) is 11.4 Å². The van der Waals surface area contributed by atoms with Crippen LogP contribution in [0.2, 0.25) is 0 Å². The summed E-state index contributed by atoms with van der Waals surface area (Å²) in [6, 6.07) is 3.72. The van der Waals surface area contributed by atoms with Crippen LogP contribution in [-0.4, -0.2) is 52.6 Å². The average Bonchev–Trinajstić information content (AvgIpc) is 3.05. The zero-order chi connectivity index (χ0) is 18.9. The fourth-order valence-electron chi connectivity index (χ4n) is 4.38. The number of ether oxygens (including phenoxy) is 1. The topological polar surface area (TPSA) is 88.2 Å². The number of nitrogens with one attached hydrogen (secondary N) is 1. The Morgan fingerprint density at radius 1 is 1.41 bits per heavy atom. The van der Waals surface area contributed by atoms with Gasteiger partial charge in [0.05, 0.1) is 18.7 Å². The minimum absolute atomic E-state index is 0.0708. The first-order valence-electron chi connectivity index (χ1n) is 9.44. The lowest BCUT2D eigenvalue weighted by atomic mass is 9.77. The van der Waals surface area contributed by atoms with Gasteiger partial charge in [-0.05, 0) is 37.8 Å². The van der Waals surface area contributed by atoms with Crippen molar-refractivity contribution in [3.05, 3.63) is 46.1 Å². The van der Waals surface area contributed by atoms with Crippen molar-refractivity contribution in [2.45, 2.75) is 37.5 Å². The zero-order valence-electron chi connectivity index (χ0n) is 15.5. The van der Waals surface area contributed by atoms with Crippen LogP contribution in [-0.2, 0) is 21.4 Å². The number of nitrogens with zero attached hydrogens (tertiary/aromatic N) is 3. The summed E-state index contributed by atoms with van der Waals surface area (Å²) in [5, 5.41) is 0. The molecule has 7 nitrogen and oxygen atoms in total. The maximum absolute atomic E-state index is 12.7. The number of methoxy groups -OCH3 is 1. The minimum Gasteiger partial charge on any atom is -0.384 e. The minimum atomic E-state index is -0.221. The number of H-pyrrole nitrogens is 1. The molecule has 0 radical (unpaired) electrons. The normalized spacial score (nSPS) is 21.4. The number of likely N-dealkylation sites (tertiary alicyclic amines) is 1. The van der Waals surface area contributed by atoms with Crippen LogP contribution < -0.4 is 5.56 Å². The van der Waals surface area contributed by atoms with E-state index >= 15 is 0 Å². The fourth-order valence-corrected chi connectivity index (χ4v) is 4.38. The maximum atomic E-state index is 12.7. The third-order valence-corrected chi connectivity index (χ3v) is 5.76. The lowest BCUT2D eigenvalue weighted by Gasteiger charge is -2.40. The van der Waals surface area contributed by atoms with Crippen molar-refractivity contribution in [2.24, 2.45) is 0 Å². The van der Waals surface area contributed by atoms with Crippen LogP contribution in [0.15, 0.2) is 29.3 Å². The molecule has 1 aliphatic carbocycles. The van der Waals surface area contributed by atoms with Gasteiger partial charge in [0.2, 0.25) is 5.91 Å². The number of rotatable bonds is 4. The van der Waals surface area contributed by atoms with Crippen molar-refractivity contribution in [1.82, 2.24) is 19.9 Å². The first kappa shape index (κ1) is 17.9. The van der Waals surface area contributed by atoms with Crippen molar-refractivity contribution in [3.63, 3.8) is 0 Å². The summed E-state index contributed by atoms with van der Waals surface area (Å²) in [7, 11) is 1.61. The Bertz CT molecular complexity index is 896. The SMILES string of the molecule is COCCC(=O)N1CCCC2(CCc3c2nc(-c2cccnc2)[nH]c3=O)C1. The number of piperidine rings is 1. The van der Waals surface area contributed by atoms with Gasteiger partial charge in [-0.15, -0.1) is 0 Å². The second-order valence-corrected chi connectivity index (χ2v) is 7.43. The van der Waals surface area contributed by atoms with Gasteiger partial charge in [-0.25, -0.2) is 4.98 Å². The summed E-state index contributed by atoms with van der Waals surface area (Å²) < 4.78 is 5.05. The lowest BCUT2D eigenvalue weighted by Crippen LogP contribution is -2.48. The van der Waals surface area contributed by atoms with Gasteiger partial charge in [0.15, 0.2) is 0 Å². The van der Waals surface area contributed by atoms with E-state index in [1.165, 1.54) is 0 Å². The number of hydrogen-bond acceptors (Lipinski definition) is 5. The third kappa shape index (κ3) is 3.27. The number of carbonyl (C=O) groups excluding carboxylic acids is 1. The Balaban J connectivity index is 1.68. The predicted molar refractivity (Wildman–Crippen MR) is 100 cm³/mol. The van der Waals surface area contributed by atoms with Gasteiger partial charge < -0.3 is 14.6 Å². The molecule has 2 aliphatic rings. The Kier molecular flexibility index (Phi) is 4.78. The van der Waals surface area contributed by atoms with E-state index in [1.54, 1.807) is 19.5 Å². The first-order chi connectivity index (χ1) is 13.1. The molecule has 2 aromatic rings. The molecule has 1 saturated heterocycles. The molecule has 1 unspecified atom stereocenters. The fraction of sp³-hybridized carbons (Fsp3) is 0.500. The molecule has 142 valence electrons. The molecule has 0 saturated carbocycles. The molecule has 2 aromatic heterocycles. The van der Waals surface area contributed by atoms with Gasteiger partial charge in [0.1, 0.15) is 5.82 Å². The number of amides is 1. The first-order valence-corrected chi connectivity index (χ1v) is 9.44. The summed E-state index contributed by atoms with van der Waals surface area (Å²) in [6.07, 6.45) is 7.25. The van der Waals surface area contributed by atoms with Crippen LogP contribution in [0.5, 0.6) is 0 Å². The Morgan fingerprint density at radius 3 is 3.07 bits per heavy atom. The highest BCUT2D eigenvalue weighted by atomic mass is 16.5. The summed E-state index contributed by atoms with van der Waals surface area (Å²) in [4.78, 5) is 39.0. The highest BCUT2D eigenvalue weighted by molar-refractivity contribution is 5.76. The predicted octanol–water partition coefficient (Wildman–Crippen LogP) is 1.67. The molecule has 0 aromatic carbocycles. The quantitative estimate of drug-likeness (QED) is 0.887. The van der Waals surface area contributed by atoms with Crippen LogP contribution in [0.4, 0.5) is 0 Å². The molecule has 1 atom stereocenters. The second-order valence-electron chi connectivity index (χ2n) is 7.43. The Morgan fingerprint density at radius 2 is 2.30 bits per heavy atom. The van der Waals surface area contributed by atoms with Crippen molar-refractivity contribution >= 4 is 5.91 Å². The largest absolute Gasteiger partial charge is 0.384 e. The molecule has 27 heavy (non-hydrogen) atoms. The van der Waals surface area contributed by atoms with E-state index in [0.717, 1.165) is 42.6 Å². The average molecular weight is 368 g/mol. The van der Waals surface area contributed by atoms with Gasteiger partial charge >= 0.3 is 0 Å². The number of pyridine rings is 1. The maximum Gasteiger partial charge on any atom is 0.254 e. The molecule has 7 heteroatoms. The standard InChI is InChI=1S/C20H24N4O3/c1-27-11-6-16(25)24-10-3-7-20(13-24)8-5-15-17(20)22-18(23-19(15)26)14-4-2-9-21-12-14/h2,4,9,12H,3,5-8,10-11,13H2,1H3,(H,22,23,26). The van der Waals surface area contributed by atoms with Crippen molar-refractivity contribution in [2.75, 3.05) is 26.8 Å². The Hall–Kier alpha value is -2.54. The number of carbonyl (C=O) groups is 1. The van der Waals surface area contributed by atoms with E-state index in [-0.39, 0.29) is 16.9 Å². The van der Waals surface area contributed by atoms with E-state index in [2.05, 4.69) is 9.97 Å². The number of hydrogen-bond donors (Lipinski definition) is 1. The van der Waals surface area contributed by atoms with Gasteiger partial charge in [-0.3, -0.25) is 14.6 Å². The highest BCUT2D eigenvalue weighted by Crippen LogP contribution is 2.43. The van der Waals surface area contributed by atoms with E-state index in [1.807, 2.05) is 17.0 Å². The van der Waals surface area contributed by atoms with Crippen LogP contribution >= 0.6 is 0 Å². The lowest BCUT2D eigenvalue weighted by molar-refractivity contribution is -0.134. The molecule has 4 rings (SSSR count). The highest BCUT2D eigenvalue weighted by Gasteiger charge is 2.45. The monoisotopic (exact) mass is 368 g/mol. The van der Waals surface area contributed by atoms with Crippen molar-refractivity contribution < 1.29 is 9.53 Å². The molecular weight excluding hydrogens is 344 g/mol. The molecule has 1 N–H and O–H groups in total. The van der Waals surface area contributed by atoms with E-state index < -0.39 is 0 Å². The van der Waals surface area contributed by atoms with E-state index in [4.69, 9.17) is 9.72 Å². The summed E-state index contributed by atoms with van der Waals surface area (Å²) in [6.45, 7) is 1.83. The van der Waals surface area contributed by atoms with E-state index in [9.17, 15) is 9.59 Å². The van der Waals surface area contributed by atoms with Gasteiger partial charge in [-0.2, -0.15) is 0 Å². The van der Waals surface area contributed by atoms with Crippen LogP contribution in [0.3, 0.4) is 0 Å². The number of aromatic amines is 1. The summed E-state index contributed by atoms with van der Waals surface area (Å²) >= 11 is 0. The van der Waals surface area contributed by atoms with Gasteiger partial charge in [0.25, 0.3) is 5.56 Å². The zero-order valence-corrected chi connectivity index (χ0v) is 15.5. The molecule has 3 heterocycles. The van der Waals surface area contributed by atoms with Gasteiger partial charge in [-0.1, -0.05) is 0 Å². The molecule has 1 fully saturated rings. The second kappa shape index (κ2) is 7.23. The third-order valence-electron chi connectivity index (χ3n) is 5.76. The smallest absolute Gasteiger partial charge is 0.254 e. The van der Waals surface area contributed by atoms with E-state index in [0.29, 0.717) is 31.8 Å². The molecule has 1 aliphatic heterocycles. The van der Waals surface area contributed by atoms with Gasteiger partial charge in [0, 0.05) is 49.1 Å². The van der Waals surface area contributed by atoms with Crippen LogP contribution in [0.25, 0.3) is 11.4 Å². The number of aromatic nitrogens is 3. The Labute approximate surface area is 157 Å². The molecule has 1 amide bonds.